The van der Waals surface area contributed by atoms with E-state index in [0.29, 0.717) is 28.0 Å². The lowest BCUT2D eigenvalue weighted by Gasteiger charge is -2.22. The Labute approximate surface area is 221 Å². The van der Waals surface area contributed by atoms with Crippen molar-refractivity contribution in [3.63, 3.8) is 0 Å². The molecule has 0 spiro atoms. The molecule has 4 rings (SSSR count). The Morgan fingerprint density at radius 1 is 0.974 bits per heavy atom. The largest absolute Gasteiger partial charge is 0.507 e. The van der Waals surface area contributed by atoms with Gasteiger partial charge in [-0.3, -0.25) is 5.32 Å². The van der Waals surface area contributed by atoms with E-state index in [4.69, 9.17) is 9.47 Å². The first-order valence-electron chi connectivity index (χ1n) is 12.3. The predicted molar refractivity (Wildman–Crippen MR) is 144 cm³/mol. The molecule has 0 aliphatic rings. The van der Waals surface area contributed by atoms with Gasteiger partial charge in [0.1, 0.15) is 24.0 Å². The third kappa shape index (κ3) is 6.53. The molecule has 3 unspecified atom stereocenters. The average molecular weight is 517 g/mol. The minimum Gasteiger partial charge on any atom is -0.507 e. The van der Waals surface area contributed by atoms with Gasteiger partial charge in [-0.05, 0) is 55.8 Å². The molecule has 3 atom stereocenters. The van der Waals surface area contributed by atoms with Crippen LogP contribution in [0.25, 0.3) is 10.9 Å². The van der Waals surface area contributed by atoms with Gasteiger partial charge in [-0.1, -0.05) is 36.1 Å². The summed E-state index contributed by atoms with van der Waals surface area (Å²) in [5, 5.41) is 45.7. The van der Waals surface area contributed by atoms with Crippen LogP contribution in [-0.4, -0.2) is 44.9 Å². The van der Waals surface area contributed by atoms with Crippen LogP contribution in [0.4, 0.5) is 0 Å². The average Bonchev–Trinajstić information content (AvgIpc) is 3.30. The minimum absolute atomic E-state index is 0.0355. The summed E-state index contributed by atoms with van der Waals surface area (Å²) in [6.07, 6.45) is -1.41. The molecular formula is C30H32N2O6. The van der Waals surface area contributed by atoms with Crippen molar-refractivity contribution in [1.29, 1.82) is 0 Å². The number of aromatic amines is 1. The maximum Gasteiger partial charge on any atom is 0.180 e. The molecule has 3 aromatic carbocycles. The molecule has 0 saturated heterocycles. The molecule has 0 saturated carbocycles. The van der Waals surface area contributed by atoms with Gasteiger partial charge in [-0.2, -0.15) is 0 Å². The minimum atomic E-state index is -1.24. The molecule has 4 aromatic rings. The van der Waals surface area contributed by atoms with E-state index in [0.717, 1.165) is 16.5 Å². The highest BCUT2D eigenvalue weighted by Gasteiger charge is 2.19. The first-order chi connectivity index (χ1) is 18.2. The Kier molecular flexibility index (Phi) is 8.69. The number of hydrogen-bond donors (Lipinski definition) is 6. The number of rotatable bonds is 9. The lowest BCUT2D eigenvalue weighted by Crippen LogP contribution is -2.34. The number of fused-ring (bicyclic) bond motifs is 1. The SMILES string of the molecule is COC(O)c1ccc(O)c(C#Cc2ccc(OC(C)C)c(C(O)NC(O)Cc3c[nH]c4ccccc34)c2)c1. The first-order valence-corrected chi connectivity index (χ1v) is 12.3. The van der Waals surface area contributed by atoms with E-state index in [1.165, 1.54) is 13.2 Å². The Balaban J connectivity index is 1.57. The molecule has 0 radical (unpaired) electrons. The number of aliphatic hydroxyl groups excluding tert-OH is 3. The van der Waals surface area contributed by atoms with Crippen LogP contribution < -0.4 is 10.1 Å². The monoisotopic (exact) mass is 516 g/mol. The quantitative estimate of drug-likeness (QED) is 0.147. The summed E-state index contributed by atoms with van der Waals surface area (Å²) in [4.78, 5) is 3.19. The normalized spacial score (nSPS) is 13.7. The number of H-pyrrole nitrogens is 1. The fourth-order valence-electron chi connectivity index (χ4n) is 4.12. The number of phenols is 1. The zero-order valence-corrected chi connectivity index (χ0v) is 21.5. The van der Waals surface area contributed by atoms with Crippen LogP contribution in [0.1, 0.15) is 54.2 Å². The zero-order valence-electron chi connectivity index (χ0n) is 21.5. The summed E-state index contributed by atoms with van der Waals surface area (Å²) in [5.41, 5.74) is 3.64. The second kappa shape index (κ2) is 12.1. The number of para-hydroxylation sites is 1. The fourth-order valence-corrected chi connectivity index (χ4v) is 4.12. The maximum atomic E-state index is 11.0. The van der Waals surface area contributed by atoms with Crippen molar-refractivity contribution in [2.24, 2.45) is 0 Å². The van der Waals surface area contributed by atoms with Gasteiger partial charge in [0.15, 0.2) is 6.29 Å². The van der Waals surface area contributed by atoms with E-state index in [9.17, 15) is 20.4 Å². The Morgan fingerprint density at radius 3 is 2.53 bits per heavy atom. The van der Waals surface area contributed by atoms with Crippen LogP contribution in [0, 0.1) is 11.8 Å². The molecule has 1 heterocycles. The van der Waals surface area contributed by atoms with Gasteiger partial charge >= 0.3 is 0 Å². The standard InChI is InChI=1S/C30H32N2O6/c1-18(2)38-27-13-9-19(8-10-20-15-21(30(36)37-3)11-12-26(20)33)14-24(27)29(35)32-28(34)16-22-17-31-25-7-5-4-6-23(22)25/h4-7,9,11-15,17-18,28-36H,16H2,1-3H3. The van der Waals surface area contributed by atoms with Gasteiger partial charge in [0.05, 0.1) is 11.7 Å². The van der Waals surface area contributed by atoms with Crippen LogP contribution in [0.2, 0.25) is 0 Å². The van der Waals surface area contributed by atoms with Crippen molar-refractivity contribution in [1.82, 2.24) is 10.3 Å². The molecule has 8 nitrogen and oxygen atoms in total. The summed E-state index contributed by atoms with van der Waals surface area (Å²) in [6.45, 7) is 3.76. The number of methoxy groups -OCH3 is 1. The second-order valence-corrected chi connectivity index (χ2v) is 9.18. The third-order valence-corrected chi connectivity index (χ3v) is 5.98. The molecule has 198 valence electrons. The van der Waals surface area contributed by atoms with E-state index in [1.54, 1.807) is 30.3 Å². The molecular weight excluding hydrogens is 484 g/mol. The van der Waals surface area contributed by atoms with E-state index >= 15 is 0 Å². The van der Waals surface area contributed by atoms with Gasteiger partial charge in [0, 0.05) is 47.3 Å². The molecule has 1 aromatic heterocycles. The maximum absolute atomic E-state index is 11.0. The number of aliphatic hydroxyl groups is 3. The number of hydrogen-bond acceptors (Lipinski definition) is 7. The summed E-state index contributed by atoms with van der Waals surface area (Å²) in [6, 6.07) is 17.5. The number of benzene rings is 3. The number of aromatic hydroxyl groups is 1. The first kappa shape index (κ1) is 27.2. The van der Waals surface area contributed by atoms with Crippen molar-refractivity contribution in [3.05, 3.63) is 94.7 Å². The van der Waals surface area contributed by atoms with E-state index in [-0.39, 0.29) is 18.3 Å². The highest BCUT2D eigenvalue weighted by Crippen LogP contribution is 2.28. The van der Waals surface area contributed by atoms with E-state index in [2.05, 4.69) is 22.1 Å². The van der Waals surface area contributed by atoms with Gasteiger partial charge in [-0.15, -0.1) is 0 Å². The summed E-state index contributed by atoms with van der Waals surface area (Å²) in [5.74, 6) is 6.30. The molecule has 8 heteroatoms. The van der Waals surface area contributed by atoms with Crippen LogP contribution in [0.3, 0.4) is 0 Å². The number of ether oxygens (including phenoxy) is 2. The topological polar surface area (TPSA) is 127 Å². The third-order valence-electron chi connectivity index (χ3n) is 5.98. The molecule has 0 fully saturated rings. The van der Waals surface area contributed by atoms with Crippen LogP contribution >= 0.6 is 0 Å². The predicted octanol–water partition coefficient (Wildman–Crippen LogP) is 3.84. The summed E-state index contributed by atoms with van der Waals surface area (Å²) >= 11 is 0. The van der Waals surface area contributed by atoms with Gasteiger partial charge in [-0.25, -0.2) is 0 Å². The molecule has 6 N–H and O–H groups in total. The van der Waals surface area contributed by atoms with Crippen LogP contribution in [0.15, 0.2) is 66.9 Å². The van der Waals surface area contributed by atoms with Crippen molar-refractivity contribution in [2.75, 3.05) is 7.11 Å². The highest BCUT2D eigenvalue weighted by atomic mass is 16.6. The number of aromatic nitrogens is 1. The lowest BCUT2D eigenvalue weighted by molar-refractivity contribution is -0.0769. The van der Waals surface area contributed by atoms with Crippen molar-refractivity contribution < 1.29 is 29.9 Å². The zero-order chi connectivity index (χ0) is 27.2. The lowest BCUT2D eigenvalue weighted by atomic mass is 10.1. The van der Waals surface area contributed by atoms with E-state index in [1.807, 2.05) is 44.3 Å². The molecule has 38 heavy (non-hydrogen) atoms. The van der Waals surface area contributed by atoms with Crippen molar-refractivity contribution >= 4 is 10.9 Å². The number of nitrogens with one attached hydrogen (secondary N) is 2. The summed E-state index contributed by atoms with van der Waals surface area (Å²) in [7, 11) is 1.38. The van der Waals surface area contributed by atoms with Gasteiger partial charge in [0.25, 0.3) is 0 Å². The van der Waals surface area contributed by atoms with Crippen LogP contribution in [-0.2, 0) is 11.2 Å². The number of phenolic OH excluding ortho intramolecular Hbond substituents is 1. The Hall–Kier alpha value is -3.84. The van der Waals surface area contributed by atoms with Gasteiger partial charge in [0.2, 0.25) is 0 Å². The van der Waals surface area contributed by atoms with Crippen molar-refractivity contribution in [2.45, 2.75) is 45.1 Å². The fraction of sp³-hybridized carbons (Fsp3) is 0.267. The van der Waals surface area contributed by atoms with E-state index < -0.39 is 18.7 Å². The molecule has 0 bridgehead atoms. The smallest absolute Gasteiger partial charge is 0.180 e. The van der Waals surface area contributed by atoms with Crippen molar-refractivity contribution in [3.8, 4) is 23.3 Å². The second-order valence-electron chi connectivity index (χ2n) is 9.18. The van der Waals surface area contributed by atoms with Gasteiger partial charge < -0.3 is 34.9 Å². The Morgan fingerprint density at radius 2 is 1.76 bits per heavy atom. The highest BCUT2D eigenvalue weighted by molar-refractivity contribution is 5.83. The molecule has 0 amide bonds. The van der Waals surface area contributed by atoms with Crippen LogP contribution in [0.5, 0.6) is 11.5 Å². The molecule has 0 aliphatic carbocycles. The Bertz CT molecular complexity index is 1450. The summed E-state index contributed by atoms with van der Waals surface area (Å²) < 4.78 is 10.8. The molecule has 0 aliphatic heterocycles.